The van der Waals surface area contributed by atoms with Gasteiger partial charge in [0.15, 0.2) is 11.5 Å². The van der Waals surface area contributed by atoms with E-state index in [1.165, 1.54) is 0 Å². The second-order valence-electron chi connectivity index (χ2n) is 7.15. The largest absolute Gasteiger partial charge is 0.497 e. The molecule has 0 spiro atoms. The van der Waals surface area contributed by atoms with Crippen molar-refractivity contribution in [2.75, 3.05) is 46.5 Å². The standard InChI is InChI=1S/C22H23ClN2O5/c1-28-17-5-2-4-15(12-17)21(26)24-6-8-25(9-7-24)22(27)16-13-18(23)20-19(14-16)29-10-3-11-30-20/h2,4-5,12-14H,3,6-11H2,1H3. The molecule has 1 fully saturated rings. The van der Waals surface area contributed by atoms with E-state index in [1.54, 1.807) is 53.3 Å². The van der Waals surface area contributed by atoms with Crippen LogP contribution in [0.2, 0.25) is 5.02 Å². The minimum absolute atomic E-state index is 0.0698. The normalized spacial score (nSPS) is 16.1. The van der Waals surface area contributed by atoms with Crippen molar-refractivity contribution in [1.82, 2.24) is 9.80 Å². The van der Waals surface area contributed by atoms with Crippen molar-refractivity contribution in [2.24, 2.45) is 0 Å². The Morgan fingerprint density at radius 2 is 1.60 bits per heavy atom. The van der Waals surface area contributed by atoms with E-state index in [4.69, 9.17) is 25.8 Å². The fourth-order valence-corrected chi connectivity index (χ4v) is 3.85. The lowest BCUT2D eigenvalue weighted by Gasteiger charge is -2.35. The molecular formula is C22H23ClN2O5. The van der Waals surface area contributed by atoms with Gasteiger partial charge in [-0.1, -0.05) is 17.7 Å². The van der Waals surface area contributed by atoms with Gasteiger partial charge in [-0.15, -0.1) is 0 Å². The maximum absolute atomic E-state index is 13.0. The van der Waals surface area contributed by atoms with Gasteiger partial charge in [0.2, 0.25) is 0 Å². The first-order valence-corrected chi connectivity index (χ1v) is 10.3. The number of carbonyl (C=O) groups is 2. The maximum Gasteiger partial charge on any atom is 0.254 e. The smallest absolute Gasteiger partial charge is 0.254 e. The highest BCUT2D eigenvalue weighted by atomic mass is 35.5. The highest BCUT2D eigenvalue weighted by molar-refractivity contribution is 6.32. The van der Waals surface area contributed by atoms with E-state index in [1.807, 2.05) is 0 Å². The monoisotopic (exact) mass is 430 g/mol. The lowest BCUT2D eigenvalue weighted by Crippen LogP contribution is -2.50. The lowest BCUT2D eigenvalue weighted by molar-refractivity contribution is 0.0535. The number of hydrogen-bond acceptors (Lipinski definition) is 5. The summed E-state index contributed by atoms with van der Waals surface area (Å²) in [7, 11) is 1.57. The Hall–Kier alpha value is -2.93. The van der Waals surface area contributed by atoms with Gasteiger partial charge in [0, 0.05) is 43.7 Å². The third-order valence-electron chi connectivity index (χ3n) is 5.22. The minimum Gasteiger partial charge on any atom is -0.497 e. The van der Waals surface area contributed by atoms with Crippen LogP contribution in [0.3, 0.4) is 0 Å². The molecule has 0 bridgehead atoms. The zero-order chi connectivity index (χ0) is 21.1. The van der Waals surface area contributed by atoms with E-state index in [2.05, 4.69) is 0 Å². The summed E-state index contributed by atoms with van der Waals surface area (Å²) in [6.45, 7) is 2.86. The topological polar surface area (TPSA) is 68.3 Å². The van der Waals surface area contributed by atoms with Crippen LogP contribution in [-0.4, -0.2) is 68.1 Å². The molecule has 30 heavy (non-hydrogen) atoms. The van der Waals surface area contributed by atoms with Crippen molar-refractivity contribution in [3.8, 4) is 17.2 Å². The molecule has 4 rings (SSSR count). The van der Waals surface area contributed by atoms with Gasteiger partial charge in [-0.2, -0.15) is 0 Å². The van der Waals surface area contributed by atoms with Crippen LogP contribution in [0.4, 0.5) is 0 Å². The summed E-state index contributed by atoms with van der Waals surface area (Å²) in [6, 6.07) is 10.4. The third kappa shape index (κ3) is 4.16. The minimum atomic E-state index is -0.138. The number of amides is 2. The number of ether oxygens (including phenoxy) is 3. The van der Waals surface area contributed by atoms with Crippen molar-refractivity contribution in [3.05, 3.63) is 52.5 Å². The molecule has 0 aromatic heterocycles. The fraction of sp³-hybridized carbons (Fsp3) is 0.364. The Bertz CT molecular complexity index is 957. The quantitative estimate of drug-likeness (QED) is 0.748. The van der Waals surface area contributed by atoms with Crippen molar-refractivity contribution >= 4 is 23.4 Å². The Morgan fingerprint density at radius 3 is 2.30 bits per heavy atom. The average molecular weight is 431 g/mol. The molecule has 2 amide bonds. The molecule has 7 nitrogen and oxygen atoms in total. The Kier molecular flexibility index (Phi) is 5.99. The predicted octanol–water partition coefficient (Wildman–Crippen LogP) is 3.11. The zero-order valence-corrected chi connectivity index (χ0v) is 17.5. The van der Waals surface area contributed by atoms with Crippen LogP contribution in [-0.2, 0) is 0 Å². The van der Waals surface area contributed by atoms with Crippen LogP contribution in [0, 0.1) is 0 Å². The van der Waals surface area contributed by atoms with Crippen molar-refractivity contribution in [3.63, 3.8) is 0 Å². The van der Waals surface area contributed by atoms with E-state index in [9.17, 15) is 9.59 Å². The molecule has 0 N–H and O–H groups in total. The average Bonchev–Trinajstić information content (AvgIpc) is 3.04. The SMILES string of the molecule is COc1cccc(C(=O)N2CCN(C(=O)c3cc(Cl)c4c(c3)OCCCO4)CC2)c1. The van der Waals surface area contributed by atoms with E-state index >= 15 is 0 Å². The molecule has 8 heteroatoms. The number of benzene rings is 2. The highest BCUT2D eigenvalue weighted by Gasteiger charge is 2.27. The molecule has 2 aliphatic rings. The number of piperazine rings is 1. The summed E-state index contributed by atoms with van der Waals surface area (Å²) >= 11 is 6.32. The summed E-state index contributed by atoms with van der Waals surface area (Å²) in [5.41, 5.74) is 1.03. The van der Waals surface area contributed by atoms with Gasteiger partial charge < -0.3 is 24.0 Å². The maximum atomic E-state index is 13.0. The second kappa shape index (κ2) is 8.83. The first kappa shape index (κ1) is 20.3. The Balaban J connectivity index is 1.43. The molecule has 0 saturated carbocycles. The summed E-state index contributed by atoms with van der Waals surface area (Å²) in [4.78, 5) is 29.3. The summed E-state index contributed by atoms with van der Waals surface area (Å²) < 4.78 is 16.5. The summed E-state index contributed by atoms with van der Waals surface area (Å²) in [6.07, 6.45) is 0.761. The zero-order valence-electron chi connectivity index (χ0n) is 16.7. The number of carbonyl (C=O) groups excluding carboxylic acids is 2. The van der Waals surface area contributed by atoms with Gasteiger partial charge in [0.05, 0.1) is 25.3 Å². The summed E-state index contributed by atoms with van der Waals surface area (Å²) in [5.74, 6) is 1.41. The van der Waals surface area contributed by atoms with E-state index < -0.39 is 0 Å². The molecule has 0 radical (unpaired) electrons. The van der Waals surface area contributed by atoms with Crippen LogP contribution in [0.1, 0.15) is 27.1 Å². The number of fused-ring (bicyclic) bond motifs is 1. The highest BCUT2D eigenvalue weighted by Crippen LogP contribution is 2.38. The van der Waals surface area contributed by atoms with Crippen LogP contribution >= 0.6 is 11.6 Å². The molecule has 0 atom stereocenters. The van der Waals surface area contributed by atoms with Crippen LogP contribution < -0.4 is 14.2 Å². The number of nitrogens with zero attached hydrogens (tertiary/aromatic N) is 2. The second-order valence-corrected chi connectivity index (χ2v) is 7.56. The predicted molar refractivity (Wildman–Crippen MR) is 112 cm³/mol. The van der Waals surface area contributed by atoms with E-state index in [-0.39, 0.29) is 11.8 Å². The molecule has 1 saturated heterocycles. The van der Waals surface area contributed by atoms with Crippen LogP contribution in [0.15, 0.2) is 36.4 Å². The van der Waals surface area contributed by atoms with E-state index in [0.717, 1.165) is 6.42 Å². The number of halogens is 1. The van der Waals surface area contributed by atoms with Gasteiger partial charge in [-0.05, 0) is 30.3 Å². The summed E-state index contributed by atoms with van der Waals surface area (Å²) in [5, 5.41) is 0.365. The van der Waals surface area contributed by atoms with Gasteiger partial charge >= 0.3 is 0 Å². The molecular weight excluding hydrogens is 408 g/mol. The van der Waals surface area contributed by atoms with Gasteiger partial charge in [0.1, 0.15) is 5.75 Å². The molecule has 2 heterocycles. The van der Waals surface area contributed by atoms with Gasteiger partial charge in [-0.3, -0.25) is 9.59 Å². The number of methoxy groups -OCH3 is 1. The molecule has 0 aliphatic carbocycles. The van der Waals surface area contributed by atoms with Crippen LogP contribution in [0.25, 0.3) is 0 Å². The molecule has 0 unspecified atom stereocenters. The van der Waals surface area contributed by atoms with Crippen molar-refractivity contribution in [2.45, 2.75) is 6.42 Å². The number of hydrogen-bond donors (Lipinski definition) is 0. The van der Waals surface area contributed by atoms with Crippen molar-refractivity contribution < 1.29 is 23.8 Å². The molecule has 158 valence electrons. The molecule has 2 aliphatic heterocycles. The fourth-order valence-electron chi connectivity index (χ4n) is 3.59. The van der Waals surface area contributed by atoms with Gasteiger partial charge in [-0.25, -0.2) is 0 Å². The van der Waals surface area contributed by atoms with Crippen molar-refractivity contribution in [1.29, 1.82) is 0 Å². The first-order chi connectivity index (χ1) is 14.6. The first-order valence-electron chi connectivity index (χ1n) is 9.88. The van der Waals surface area contributed by atoms with E-state index in [0.29, 0.717) is 72.8 Å². The van der Waals surface area contributed by atoms with Gasteiger partial charge in [0.25, 0.3) is 11.8 Å². The Labute approximate surface area is 180 Å². The van der Waals surface area contributed by atoms with Crippen LogP contribution in [0.5, 0.6) is 17.2 Å². The molecule has 2 aromatic carbocycles. The Morgan fingerprint density at radius 1 is 0.933 bits per heavy atom. The lowest BCUT2D eigenvalue weighted by atomic mass is 10.1. The molecule has 2 aromatic rings. The third-order valence-corrected chi connectivity index (χ3v) is 5.50. The number of rotatable bonds is 3.